The maximum Gasteiger partial charge on any atom is 0.393 e. The van der Waals surface area contributed by atoms with Gasteiger partial charge in [-0.1, -0.05) is 12.2 Å². The lowest BCUT2D eigenvalue weighted by Crippen LogP contribution is -2.44. The molecule has 1 heterocycles. The normalized spacial score (nSPS) is 28.7. The maximum absolute atomic E-state index is 12.6. The summed E-state index contributed by atoms with van der Waals surface area (Å²) in [5, 5.41) is 0. The van der Waals surface area contributed by atoms with Crippen LogP contribution in [0.25, 0.3) is 0 Å². The van der Waals surface area contributed by atoms with Crippen LogP contribution in [-0.2, 0) is 4.79 Å². The van der Waals surface area contributed by atoms with Crippen molar-refractivity contribution in [3.63, 3.8) is 0 Å². The Morgan fingerprint density at radius 2 is 2.11 bits per heavy atom. The second-order valence-electron chi connectivity index (χ2n) is 5.19. The third-order valence-electron chi connectivity index (χ3n) is 3.79. The van der Waals surface area contributed by atoms with Crippen LogP contribution in [-0.4, -0.2) is 30.1 Å². The molecule has 2 unspecified atom stereocenters. The summed E-state index contributed by atoms with van der Waals surface area (Å²) in [6, 6.07) is 0. The van der Waals surface area contributed by atoms with E-state index in [1.807, 2.05) is 12.2 Å². The van der Waals surface area contributed by atoms with Gasteiger partial charge in [0.1, 0.15) is 0 Å². The number of alkyl halides is 3. The van der Waals surface area contributed by atoms with Crippen molar-refractivity contribution in [1.82, 2.24) is 4.90 Å². The molecule has 1 saturated heterocycles. The van der Waals surface area contributed by atoms with Crippen molar-refractivity contribution in [2.24, 2.45) is 11.8 Å². The van der Waals surface area contributed by atoms with E-state index in [-0.39, 0.29) is 24.8 Å². The zero-order valence-electron chi connectivity index (χ0n) is 10.2. The number of halogens is 3. The number of hydrogen-bond acceptors (Lipinski definition) is 1. The number of allylic oxidation sites excluding steroid dienone is 2. The topological polar surface area (TPSA) is 20.3 Å². The predicted octanol–water partition coefficient (Wildman–Crippen LogP) is 3.14. The zero-order valence-corrected chi connectivity index (χ0v) is 10.2. The molecule has 1 aliphatic carbocycles. The molecular weight excluding hydrogens is 243 g/mol. The van der Waals surface area contributed by atoms with Gasteiger partial charge in [0.05, 0.1) is 5.92 Å². The molecule has 0 aromatic heterocycles. The van der Waals surface area contributed by atoms with Crippen LogP contribution in [0.3, 0.4) is 0 Å². The van der Waals surface area contributed by atoms with Crippen molar-refractivity contribution >= 4 is 5.91 Å². The Morgan fingerprint density at radius 3 is 2.72 bits per heavy atom. The summed E-state index contributed by atoms with van der Waals surface area (Å²) < 4.78 is 37.9. The van der Waals surface area contributed by atoms with Crippen molar-refractivity contribution < 1.29 is 18.0 Å². The number of likely N-dealkylation sites (tertiary alicyclic amines) is 1. The first kappa shape index (κ1) is 13.4. The van der Waals surface area contributed by atoms with Gasteiger partial charge in [-0.3, -0.25) is 4.79 Å². The van der Waals surface area contributed by atoms with E-state index in [0.29, 0.717) is 19.4 Å². The molecule has 0 saturated carbocycles. The average Bonchev–Trinajstić information content (AvgIpc) is 2.81. The van der Waals surface area contributed by atoms with Crippen LogP contribution in [0.1, 0.15) is 32.1 Å². The van der Waals surface area contributed by atoms with Gasteiger partial charge in [-0.2, -0.15) is 13.2 Å². The van der Waals surface area contributed by atoms with Crippen LogP contribution in [0.5, 0.6) is 0 Å². The van der Waals surface area contributed by atoms with Crippen LogP contribution >= 0.6 is 0 Å². The zero-order chi connectivity index (χ0) is 13.2. The molecule has 0 N–H and O–H groups in total. The predicted molar refractivity (Wildman–Crippen MR) is 61.8 cm³/mol. The highest BCUT2D eigenvalue weighted by Gasteiger charge is 2.42. The molecule has 2 aliphatic rings. The first-order valence-electron chi connectivity index (χ1n) is 6.48. The standard InChI is InChI=1S/C13H18F3NO/c14-13(15,16)11-6-3-7-17(9-11)12(18)8-10-4-1-2-5-10/h1,4,10-11H,2-3,5-9H2. The Bertz CT molecular complexity index is 338. The summed E-state index contributed by atoms with van der Waals surface area (Å²) >= 11 is 0. The molecule has 102 valence electrons. The van der Waals surface area contributed by atoms with Gasteiger partial charge in [0, 0.05) is 19.5 Å². The van der Waals surface area contributed by atoms with E-state index in [1.54, 1.807) is 0 Å². The summed E-state index contributed by atoms with van der Waals surface area (Å²) in [5.74, 6) is -1.24. The van der Waals surface area contributed by atoms with Gasteiger partial charge in [0.15, 0.2) is 0 Å². The molecule has 5 heteroatoms. The SMILES string of the molecule is O=C(CC1C=CCC1)N1CCCC(C(F)(F)F)C1. The monoisotopic (exact) mass is 261 g/mol. The van der Waals surface area contributed by atoms with Crippen LogP contribution in [0.4, 0.5) is 13.2 Å². The number of hydrogen-bond donors (Lipinski definition) is 0. The fraction of sp³-hybridized carbons (Fsp3) is 0.769. The van der Waals surface area contributed by atoms with Gasteiger partial charge in [-0.05, 0) is 31.6 Å². The van der Waals surface area contributed by atoms with Gasteiger partial charge in [-0.25, -0.2) is 0 Å². The summed E-state index contributed by atoms with van der Waals surface area (Å²) in [4.78, 5) is 13.3. The molecule has 2 rings (SSSR count). The average molecular weight is 261 g/mol. The van der Waals surface area contributed by atoms with Gasteiger partial charge in [0.25, 0.3) is 0 Å². The molecule has 2 nitrogen and oxygen atoms in total. The lowest BCUT2D eigenvalue weighted by molar-refractivity contribution is -0.188. The fourth-order valence-electron chi connectivity index (χ4n) is 2.69. The molecule has 0 bridgehead atoms. The Labute approximate surface area is 105 Å². The molecule has 0 aromatic rings. The molecule has 0 spiro atoms. The molecule has 0 radical (unpaired) electrons. The number of carbonyl (C=O) groups is 1. The molecule has 1 aliphatic heterocycles. The van der Waals surface area contributed by atoms with Crippen LogP contribution in [0.2, 0.25) is 0 Å². The van der Waals surface area contributed by atoms with E-state index < -0.39 is 12.1 Å². The quantitative estimate of drug-likeness (QED) is 0.699. The Kier molecular flexibility index (Phi) is 3.97. The van der Waals surface area contributed by atoms with Gasteiger partial charge >= 0.3 is 6.18 Å². The number of carbonyl (C=O) groups excluding carboxylic acids is 1. The van der Waals surface area contributed by atoms with Crippen molar-refractivity contribution in [3.05, 3.63) is 12.2 Å². The molecule has 0 aromatic carbocycles. The highest BCUT2D eigenvalue weighted by Crippen LogP contribution is 2.33. The maximum atomic E-state index is 12.6. The van der Waals surface area contributed by atoms with E-state index in [1.165, 1.54) is 4.90 Å². The lowest BCUT2D eigenvalue weighted by Gasteiger charge is -2.34. The first-order chi connectivity index (χ1) is 8.47. The summed E-state index contributed by atoms with van der Waals surface area (Å²) in [7, 11) is 0. The highest BCUT2D eigenvalue weighted by molar-refractivity contribution is 5.76. The van der Waals surface area contributed by atoms with Crippen molar-refractivity contribution in [2.75, 3.05) is 13.1 Å². The first-order valence-corrected chi connectivity index (χ1v) is 6.48. The molecule has 1 fully saturated rings. The number of rotatable bonds is 2. The second kappa shape index (κ2) is 5.33. The Balaban J connectivity index is 1.88. The number of piperidine rings is 1. The third kappa shape index (κ3) is 3.27. The van der Waals surface area contributed by atoms with Crippen molar-refractivity contribution in [2.45, 2.75) is 38.3 Å². The number of nitrogens with zero attached hydrogens (tertiary/aromatic N) is 1. The smallest absolute Gasteiger partial charge is 0.342 e. The summed E-state index contributed by atoms with van der Waals surface area (Å²) in [6.45, 7) is 0.320. The highest BCUT2D eigenvalue weighted by atomic mass is 19.4. The lowest BCUT2D eigenvalue weighted by atomic mass is 9.96. The van der Waals surface area contributed by atoms with E-state index in [2.05, 4.69) is 0 Å². The minimum absolute atomic E-state index is 0.125. The van der Waals surface area contributed by atoms with Gasteiger partial charge in [-0.15, -0.1) is 0 Å². The Hall–Kier alpha value is -1.00. The second-order valence-corrected chi connectivity index (χ2v) is 5.19. The Morgan fingerprint density at radius 1 is 1.33 bits per heavy atom. The van der Waals surface area contributed by atoms with Gasteiger partial charge in [0.2, 0.25) is 5.91 Å². The van der Waals surface area contributed by atoms with Crippen LogP contribution in [0, 0.1) is 11.8 Å². The summed E-state index contributed by atoms with van der Waals surface area (Å²) in [5.41, 5.74) is 0. The largest absolute Gasteiger partial charge is 0.393 e. The number of amides is 1. The third-order valence-corrected chi connectivity index (χ3v) is 3.79. The van der Waals surface area contributed by atoms with Crippen LogP contribution < -0.4 is 0 Å². The minimum Gasteiger partial charge on any atom is -0.342 e. The fourth-order valence-corrected chi connectivity index (χ4v) is 2.69. The minimum atomic E-state index is -4.17. The van der Waals surface area contributed by atoms with E-state index in [4.69, 9.17) is 0 Å². The molecule has 1 amide bonds. The van der Waals surface area contributed by atoms with E-state index in [9.17, 15) is 18.0 Å². The van der Waals surface area contributed by atoms with Crippen molar-refractivity contribution in [1.29, 1.82) is 0 Å². The summed E-state index contributed by atoms with van der Waals surface area (Å²) in [6.07, 6.45) is 2.75. The molecule has 18 heavy (non-hydrogen) atoms. The van der Waals surface area contributed by atoms with Gasteiger partial charge < -0.3 is 4.90 Å². The molecular formula is C13H18F3NO. The van der Waals surface area contributed by atoms with E-state index >= 15 is 0 Å². The van der Waals surface area contributed by atoms with Crippen molar-refractivity contribution in [3.8, 4) is 0 Å². The van der Waals surface area contributed by atoms with Crippen LogP contribution in [0.15, 0.2) is 12.2 Å². The van der Waals surface area contributed by atoms with E-state index in [0.717, 1.165) is 12.8 Å². The molecule has 2 atom stereocenters.